The molecule has 1 aromatic rings. The number of hydrogen-bond acceptors (Lipinski definition) is 4. The Bertz CT molecular complexity index is 620. The van der Waals surface area contributed by atoms with Crippen molar-refractivity contribution in [1.29, 1.82) is 0 Å². The maximum Gasteiger partial charge on any atom is 0.253 e. The Hall–Kier alpha value is -2.08. The summed E-state index contributed by atoms with van der Waals surface area (Å²) >= 11 is 0. The molecule has 1 atom stereocenters. The van der Waals surface area contributed by atoms with Crippen molar-refractivity contribution >= 4 is 11.8 Å². The maximum atomic E-state index is 12.6. The first-order valence-corrected chi connectivity index (χ1v) is 9.46. The second-order valence-corrected chi connectivity index (χ2v) is 7.11. The minimum Gasteiger partial charge on any atom is -0.497 e. The van der Waals surface area contributed by atoms with E-state index >= 15 is 0 Å². The quantitative estimate of drug-likeness (QED) is 0.843. The van der Waals surface area contributed by atoms with Gasteiger partial charge in [-0.15, -0.1) is 0 Å². The third kappa shape index (κ3) is 4.75. The molecule has 1 unspecified atom stereocenters. The average Bonchev–Trinajstić information content (AvgIpc) is 3.21. The summed E-state index contributed by atoms with van der Waals surface area (Å²) < 4.78 is 10.5. The average molecular weight is 360 g/mol. The summed E-state index contributed by atoms with van der Waals surface area (Å²) in [7, 11) is 1.59. The van der Waals surface area contributed by atoms with Gasteiger partial charge >= 0.3 is 0 Å². The molecule has 142 valence electrons. The van der Waals surface area contributed by atoms with Gasteiger partial charge in [0.05, 0.1) is 7.11 Å². The van der Waals surface area contributed by atoms with Gasteiger partial charge in [0.2, 0.25) is 5.91 Å². The maximum absolute atomic E-state index is 12.6. The van der Waals surface area contributed by atoms with Crippen molar-refractivity contribution in [1.82, 2.24) is 10.2 Å². The first kappa shape index (κ1) is 18.7. The zero-order chi connectivity index (χ0) is 18.4. The van der Waals surface area contributed by atoms with Crippen molar-refractivity contribution < 1.29 is 19.1 Å². The van der Waals surface area contributed by atoms with E-state index in [2.05, 4.69) is 5.32 Å². The predicted octanol–water partition coefficient (Wildman–Crippen LogP) is 2.09. The summed E-state index contributed by atoms with van der Waals surface area (Å²) in [5, 5.41) is 3.06. The van der Waals surface area contributed by atoms with Crippen LogP contribution in [0.25, 0.3) is 0 Å². The van der Waals surface area contributed by atoms with E-state index in [-0.39, 0.29) is 17.7 Å². The lowest BCUT2D eigenvalue weighted by atomic mass is 9.95. The molecule has 26 heavy (non-hydrogen) atoms. The van der Waals surface area contributed by atoms with Gasteiger partial charge in [-0.3, -0.25) is 9.59 Å². The molecule has 0 aromatic heterocycles. The highest BCUT2D eigenvalue weighted by molar-refractivity contribution is 5.94. The summed E-state index contributed by atoms with van der Waals surface area (Å²) in [6, 6.07) is 7.21. The van der Waals surface area contributed by atoms with Gasteiger partial charge in [-0.05, 0) is 49.8 Å². The third-order valence-corrected chi connectivity index (χ3v) is 5.35. The largest absolute Gasteiger partial charge is 0.497 e. The van der Waals surface area contributed by atoms with E-state index in [1.807, 2.05) is 17.0 Å². The van der Waals surface area contributed by atoms with E-state index < -0.39 is 0 Å². The van der Waals surface area contributed by atoms with Crippen LogP contribution in [0.4, 0.5) is 0 Å². The van der Waals surface area contributed by atoms with Crippen LogP contribution < -0.4 is 10.1 Å². The van der Waals surface area contributed by atoms with E-state index in [0.717, 1.165) is 32.6 Å². The molecule has 1 aromatic carbocycles. The van der Waals surface area contributed by atoms with Crippen molar-refractivity contribution in [2.75, 3.05) is 40.0 Å². The number of benzene rings is 1. The van der Waals surface area contributed by atoms with E-state index in [0.29, 0.717) is 43.2 Å². The molecule has 2 fully saturated rings. The van der Waals surface area contributed by atoms with Gasteiger partial charge in [-0.2, -0.15) is 0 Å². The number of likely N-dealkylation sites (tertiary alicyclic amines) is 1. The van der Waals surface area contributed by atoms with Crippen LogP contribution in [0.2, 0.25) is 0 Å². The summed E-state index contributed by atoms with van der Waals surface area (Å²) in [5.41, 5.74) is 0.631. The van der Waals surface area contributed by atoms with E-state index in [1.54, 1.807) is 19.2 Å². The molecule has 0 spiro atoms. The topological polar surface area (TPSA) is 67.9 Å². The van der Waals surface area contributed by atoms with Crippen molar-refractivity contribution in [3.05, 3.63) is 29.8 Å². The van der Waals surface area contributed by atoms with Crippen LogP contribution in [0.1, 0.15) is 36.0 Å². The molecule has 6 heteroatoms. The summed E-state index contributed by atoms with van der Waals surface area (Å²) in [5.74, 6) is 1.39. The Morgan fingerprint density at radius 1 is 1.27 bits per heavy atom. The van der Waals surface area contributed by atoms with E-state index in [4.69, 9.17) is 9.47 Å². The number of methoxy groups -OCH3 is 1. The minimum absolute atomic E-state index is 0.00370. The Balaban J connectivity index is 1.42. The Morgan fingerprint density at radius 3 is 2.77 bits per heavy atom. The first-order valence-electron chi connectivity index (χ1n) is 9.46. The number of rotatable bonds is 6. The van der Waals surface area contributed by atoms with Crippen molar-refractivity contribution in [3.8, 4) is 5.75 Å². The fourth-order valence-corrected chi connectivity index (χ4v) is 3.64. The second-order valence-electron chi connectivity index (χ2n) is 7.11. The monoisotopic (exact) mass is 360 g/mol. The molecule has 2 saturated heterocycles. The number of amides is 2. The molecule has 0 radical (unpaired) electrons. The molecule has 0 bridgehead atoms. The number of nitrogens with one attached hydrogen (secondary N) is 1. The van der Waals surface area contributed by atoms with Crippen LogP contribution in [0.3, 0.4) is 0 Å². The molecule has 2 amide bonds. The highest BCUT2D eigenvalue weighted by Gasteiger charge is 2.28. The van der Waals surface area contributed by atoms with Crippen LogP contribution in [0.5, 0.6) is 5.75 Å². The highest BCUT2D eigenvalue weighted by atomic mass is 16.5. The lowest BCUT2D eigenvalue weighted by Crippen LogP contribution is -2.43. The second kappa shape index (κ2) is 9.03. The fraction of sp³-hybridized carbons (Fsp3) is 0.600. The molecule has 6 nitrogen and oxygen atoms in total. The van der Waals surface area contributed by atoms with Crippen molar-refractivity contribution in [2.24, 2.45) is 11.8 Å². The Labute approximate surface area is 154 Å². The first-order chi connectivity index (χ1) is 12.7. The van der Waals surface area contributed by atoms with Gasteiger partial charge < -0.3 is 19.7 Å². The zero-order valence-electron chi connectivity index (χ0n) is 15.4. The molecule has 2 aliphatic heterocycles. The van der Waals surface area contributed by atoms with Gasteiger partial charge in [0.1, 0.15) is 5.75 Å². The van der Waals surface area contributed by atoms with Gasteiger partial charge in [-0.25, -0.2) is 0 Å². The minimum atomic E-state index is 0.00370. The van der Waals surface area contributed by atoms with Gasteiger partial charge in [-0.1, -0.05) is 6.07 Å². The molecule has 0 aliphatic carbocycles. The van der Waals surface area contributed by atoms with Crippen LogP contribution in [0, 0.1) is 11.8 Å². The normalized spacial score (nSPS) is 20.8. The standard InChI is InChI=1S/C20H28N2O4/c1-25-18-4-2-3-17(13-18)20(24)22-10-6-16(7-11-22)19(23)21-9-5-15-8-12-26-14-15/h2-4,13,15-16H,5-12,14H2,1H3,(H,21,23). The number of hydrogen-bond donors (Lipinski definition) is 1. The number of nitrogens with zero attached hydrogens (tertiary/aromatic N) is 1. The number of ether oxygens (including phenoxy) is 2. The molecular weight excluding hydrogens is 332 g/mol. The number of carbonyl (C=O) groups is 2. The van der Waals surface area contributed by atoms with Crippen LogP contribution in [-0.2, 0) is 9.53 Å². The molecular formula is C20H28N2O4. The van der Waals surface area contributed by atoms with Gasteiger partial charge in [0.15, 0.2) is 0 Å². The molecule has 3 rings (SSSR count). The summed E-state index contributed by atoms with van der Waals surface area (Å²) in [6.07, 6.45) is 3.52. The van der Waals surface area contributed by atoms with E-state index in [1.165, 1.54) is 0 Å². The Morgan fingerprint density at radius 2 is 2.08 bits per heavy atom. The van der Waals surface area contributed by atoms with E-state index in [9.17, 15) is 9.59 Å². The van der Waals surface area contributed by atoms with Crippen LogP contribution in [0.15, 0.2) is 24.3 Å². The fourth-order valence-electron chi connectivity index (χ4n) is 3.64. The number of piperidine rings is 1. The summed E-state index contributed by atoms with van der Waals surface area (Å²) in [4.78, 5) is 26.8. The number of carbonyl (C=O) groups excluding carboxylic acids is 2. The Kier molecular flexibility index (Phi) is 6.50. The van der Waals surface area contributed by atoms with Crippen molar-refractivity contribution in [3.63, 3.8) is 0 Å². The summed E-state index contributed by atoms with van der Waals surface area (Å²) in [6.45, 7) is 3.62. The molecule has 1 N–H and O–H groups in total. The lowest BCUT2D eigenvalue weighted by molar-refractivity contribution is -0.126. The molecule has 2 aliphatic rings. The zero-order valence-corrected chi connectivity index (χ0v) is 15.4. The lowest BCUT2D eigenvalue weighted by Gasteiger charge is -2.31. The third-order valence-electron chi connectivity index (χ3n) is 5.35. The smallest absolute Gasteiger partial charge is 0.253 e. The SMILES string of the molecule is COc1cccc(C(=O)N2CCC(C(=O)NCCC3CCOC3)CC2)c1. The molecule has 0 saturated carbocycles. The predicted molar refractivity (Wildman–Crippen MR) is 98.2 cm³/mol. The highest BCUT2D eigenvalue weighted by Crippen LogP contribution is 2.21. The van der Waals surface area contributed by atoms with Gasteiger partial charge in [0, 0.05) is 44.3 Å². The molecule has 2 heterocycles. The van der Waals surface area contributed by atoms with Crippen molar-refractivity contribution in [2.45, 2.75) is 25.7 Å². The van der Waals surface area contributed by atoms with Crippen LogP contribution in [-0.4, -0.2) is 56.7 Å². The van der Waals surface area contributed by atoms with Crippen LogP contribution >= 0.6 is 0 Å². The van der Waals surface area contributed by atoms with Gasteiger partial charge in [0.25, 0.3) is 5.91 Å².